The van der Waals surface area contributed by atoms with E-state index in [2.05, 4.69) is 10.2 Å². The highest BCUT2D eigenvalue weighted by Crippen LogP contribution is 2.31. The molecule has 146 valence electrons. The largest absolute Gasteiger partial charge is 0.493 e. The Labute approximate surface area is 162 Å². The molecular weight excluding hydrogens is 360 g/mol. The number of benzene rings is 1. The van der Waals surface area contributed by atoms with Gasteiger partial charge in [-0.25, -0.2) is 0 Å². The fourth-order valence-corrected chi connectivity index (χ4v) is 3.14. The molecule has 1 saturated heterocycles. The van der Waals surface area contributed by atoms with Crippen molar-refractivity contribution in [3.8, 4) is 17.7 Å². The molecule has 1 N–H and O–H groups in total. The van der Waals surface area contributed by atoms with Crippen LogP contribution in [0.4, 0.5) is 11.4 Å². The first-order valence-corrected chi connectivity index (χ1v) is 9.18. The zero-order valence-corrected chi connectivity index (χ0v) is 15.9. The molecule has 1 fully saturated rings. The molecule has 2 aromatic rings. The molecular formula is C20H22N4O4. The summed E-state index contributed by atoms with van der Waals surface area (Å²) in [6.07, 6.45) is 1.51. The number of para-hydroxylation sites is 1. The van der Waals surface area contributed by atoms with Crippen molar-refractivity contribution in [2.45, 2.75) is 39.3 Å². The van der Waals surface area contributed by atoms with Crippen LogP contribution in [0.5, 0.6) is 11.6 Å². The fraction of sp³-hybridized carbons (Fsp3) is 0.400. The van der Waals surface area contributed by atoms with Crippen LogP contribution in [0.1, 0.15) is 30.9 Å². The van der Waals surface area contributed by atoms with Gasteiger partial charge in [0.25, 0.3) is 5.56 Å². The molecule has 8 heteroatoms. The van der Waals surface area contributed by atoms with E-state index < -0.39 is 5.56 Å². The molecule has 8 nitrogen and oxygen atoms in total. The summed E-state index contributed by atoms with van der Waals surface area (Å²) >= 11 is 0. The molecule has 0 spiro atoms. The van der Waals surface area contributed by atoms with E-state index >= 15 is 0 Å². The van der Waals surface area contributed by atoms with Crippen molar-refractivity contribution >= 4 is 11.4 Å². The highest BCUT2D eigenvalue weighted by Gasteiger charge is 2.23. The smallest absolute Gasteiger partial charge is 0.281 e. The van der Waals surface area contributed by atoms with E-state index in [0.29, 0.717) is 24.7 Å². The second kappa shape index (κ2) is 8.67. The molecule has 0 saturated carbocycles. The number of nitrogens with zero attached hydrogens (tertiary/aromatic N) is 4. The van der Waals surface area contributed by atoms with Crippen LogP contribution in [0.25, 0.3) is 0 Å². The molecule has 0 radical (unpaired) electrons. The Bertz CT molecular complexity index is 985. The second-order valence-electron chi connectivity index (χ2n) is 6.44. The number of hydrogen-bond donors (Lipinski definition) is 1. The number of azo groups is 1. The van der Waals surface area contributed by atoms with Gasteiger partial charge in [-0.1, -0.05) is 12.1 Å². The molecule has 3 rings (SSSR count). The predicted molar refractivity (Wildman–Crippen MR) is 103 cm³/mol. The third-order valence-electron chi connectivity index (χ3n) is 4.60. The first kappa shape index (κ1) is 19.6. The SMILES string of the molecule is CCOc1ccccc1N=Nc1c(C)c(C#N)c(O)n(CC2CCCO2)c1=O. The quantitative estimate of drug-likeness (QED) is 0.766. The summed E-state index contributed by atoms with van der Waals surface area (Å²) in [4.78, 5) is 13.0. The van der Waals surface area contributed by atoms with E-state index in [1.807, 2.05) is 19.1 Å². The van der Waals surface area contributed by atoms with E-state index in [0.717, 1.165) is 17.4 Å². The van der Waals surface area contributed by atoms with Crippen LogP contribution in [0.3, 0.4) is 0 Å². The van der Waals surface area contributed by atoms with Gasteiger partial charge in [-0.2, -0.15) is 5.26 Å². The molecule has 0 aliphatic carbocycles. The zero-order valence-electron chi connectivity index (χ0n) is 15.9. The average molecular weight is 382 g/mol. The lowest BCUT2D eigenvalue weighted by atomic mass is 10.1. The minimum absolute atomic E-state index is 0.00430. The minimum Gasteiger partial charge on any atom is -0.493 e. The lowest BCUT2D eigenvalue weighted by Gasteiger charge is -2.16. The number of pyridine rings is 1. The van der Waals surface area contributed by atoms with Crippen molar-refractivity contribution < 1.29 is 14.6 Å². The third-order valence-corrected chi connectivity index (χ3v) is 4.60. The van der Waals surface area contributed by atoms with E-state index in [9.17, 15) is 15.2 Å². The number of hydrogen-bond acceptors (Lipinski definition) is 7. The highest BCUT2D eigenvalue weighted by molar-refractivity contribution is 5.57. The Morgan fingerprint density at radius 1 is 1.39 bits per heavy atom. The molecule has 1 aliphatic heterocycles. The summed E-state index contributed by atoms with van der Waals surface area (Å²) < 4.78 is 12.2. The zero-order chi connectivity index (χ0) is 20.1. The summed E-state index contributed by atoms with van der Waals surface area (Å²) in [6.45, 7) is 4.69. The minimum atomic E-state index is -0.512. The highest BCUT2D eigenvalue weighted by atomic mass is 16.5. The van der Waals surface area contributed by atoms with Crippen molar-refractivity contribution in [3.05, 3.63) is 45.7 Å². The number of ether oxygens (including phenoxy) is 2. The van der Waals surface area contributed by atoms with Gasteiger partial charge in [0.2, 0.25) is 5.88 Å². The Morgan fingerprint density at radius 3 is 2.86 bits per heavy atom. The molecule has 1 unspecified atom stereocenters. The second-order valence-corrected chi connectivity index (χ2v) is 6.44. The molecule has 0 amide bonds. The Hall–Kier alpha value is -3.18. The number of aromatic nitrogens is 1. The van der Waals surface area contributed by atoms with Gasteiger partial charge >= 0.3 is 0 Å². The molecule has 2 heterocycles. The van der Waals surface area contributed by atoms with Gasteiger partial charge in [0.15, 0.2) is 5.69 Å². The maximum atomic E-state index is 13.0. The van der Waals surface area contributed by atoms with Crippen molar-refractivity contribution in [1.29, 1.82) is 5.26 Å². The first-order valence-electron chi connectivity index (χ1n) is 9.18. The van der Waals surface area contributed by atoms with Crippen LogP contribution in [-0.2, 0) is 11.3 Å². The Kier molecular flexibility index (Phi) is 6.06. The van der Waals surface area contributed by atoms with Crippen LogP contribution in [0, 0.1) is 18.3 Å². The first-order chi connectivity index (χ1) is 13.6. The number of rotatable bonds is 6. The average Bonchev–Trinajstić information content (AvgIpc) is 3.20. The molecule has 1 atom stereocenters. The normalized spacial score (nSPS) is 16.4. The lowest BCUT2D eigenvalue weighted by Crippen LogP contribution is -2.27. The van der Waals surface area contributed by atoms with Crippen LogP contribution in [0.15, 0.2) is 39.3 Å². The van der Waals surface area contributed by atoms with Gasteiger partial charge in [-0.15, -0.1) is 10.2 Å². The number of aromatic hydroxyl groups is 1. The van der Waals surface area contributed by atoms with E-state index in [1.54, 1.807) is 25.1 Å². The van der Waals surface area contributed by atoms with Gasteiger partial charge in [-0.05, 0) is 38.8 Å². The summed E-state index contributed by atoms with van der Waals surface area (Å²) in [7, 11) is 0. The molecule has 1 aromatic carbocycles. The van der Waals surface area contributed by atoms with Crippen LogP contribution >= 0.6 is 0 Å². The van der Waals surface area contributed by atoms with Crippen LogP contribution in [-0.4, -0.2) is 29.0 Å². The van der Waals surface area contributed by atoms with E-state index in [1.165, 1.54) is 0 Å². The van der Waals surface area contributed by atoms with Crippen molar-refractivity contribution in [3.63, 3.8) is 0 Å². The molecule has 1 aromatic heterocycles. The van der Waals surface area contributed by atoms with Gasteiger partial charge < -0.3 is 14.6 Å². The predicted octanol–water partition coefficient (Wildman–Crippen LogP) is 3.73. The van der Waals surface area contributed by atoms with Crippen LogP contribution in [0.2, 0.25) is 0 Å². The van der Waals surface area contributed by atoms with Gasteiger partial charge in [0, 0.05) is 12.2 Å². The fourth-order valence-electron chi connectivity index (χ4n) is 3.14. The third kappa shape index (κ3) is 3.89. The van der Waals surface area contributed by atoms with Crippen molar-refractivity contribution in [2.24, 2.45) is 10.2 Å². The van der Waals surface area contributed by atoms with E-state index in [4.69, 9.17) is 9.47 Å². The molecule has 28 heavy (non-hydrogen) atoms. The van der Waals surface area contributed by atoms with Crippen LogP contribution < -0.4 is 10.3 Å². The van der Waals surface area contributed by atoms with Crippen molar-refractivity contribution in [2.75, 3.05) is 13.2 Å². The molecule has 1 aliphatic rings. The lowest BCUT2D eigenvalue weighted by molar-refractivity contribution is 0.0939. The monoisotopic (exact) mass is 382 g/mol. The summed E-state index contributed by atoms with van der Waals surface area (Å²) in [5.74, 6) is 0.180. The van der Waals surface area contributed by atoms with Gasteiger partial charge in [0.05, 0.1) is 19.3 Å². The maximum Gasteiger partial charge on any atom is 0.281 e. The summed E-state index contributed by atoms with van der Waals surface area (Å²) in [5, 5.41) is 28.1. The summed E-state index contributed by atoms with van der Waals surface area (Å²) in [5.41, 5.74) is 0.261. The van der Waals surface area contributed by atoms with Gasteiger partial charge in [0.1, 0.15) is 23.1 Å². The maximum absolute atomic E-state index is 13.0. The Balaban J connectivity index is 2.05. The summed E-state index contributed by atoms with van der Waals surface area (Å²) in [6, 6.07) is 9.04. The molecule has 0 bridgehead atoms. The topological polar surface area (TPSA) is 109 Å². The van der Waals surface area contributed by atoms with E-state index in [-0.39, 0.29) is 35.3 Å². The van der Waals surface area contributed by atoms with Gasteiger partial charge in [-0.3, -0.25) is 9.36 Å². The number of nitriles is 1. The Morgan fingerprint density at radius 2 is 2.18 bits per heavy atom. The standard InChI is InChI=1S/C20H22N4O4/c1-3-27-17-9-5-4-8-16(17)22-23-18-13(2)15(11-21)19(25)24(20(18)26)12-14-7-6-10-28-14/h4-5,8-9,14,25H,3,6-7,10,12H2,1-2H3. The van der Waals surface area contributed by atoms with Crippen molar-refractivity contribution in [1.82, 2.24) is 4.57 Å².